The van der Waals surface area contributed by atoms with Crippen molar-refractivity contribution < 1.29 is 8.42 Å². The summed E-state index contributed by atoms with van der Waals surface area (Å²) < 4.78 is 22.9. The monoisotopic (exact) mass is 319 g/mol. The van der Waals surface area contributed by atoms with E-state index in [1.165, 1.54) is 4.57 Å². The molecular formula is C11H21N5O4S. The summed E-state index contributed by atoms with van der Waals surface area (Å²) in [5, 5.41) is 7.63. The Morgan fingerprint density at radius 3 is 2.48 bits per heavy atom. The summed E-state index contributed by atoms with van der Waals surface area (Å²) >= 11 is 0. The van der Waals surface area contributed by atoms with Crippen LogP contribution in [0.15, 0.2) is 9.59 Å². The van der Waals surface area contributed by atoms with Crippen LogP contribution >= 0.6 is 0 Å². The van der Waals surface area contributed by atoms with Gasteiger partial charge in [0.25, 0.3) is 5.56 Å². The lowest BCUT2D eigenvalue weighted by Crippen LogP contribution is -2.35. The summed E-state index contributed by atoms with van der Waals surface area (Å²) in [5.74, 6) is 0.00267. The summed E-state index contributed by atoms with van der Waals surface area (Å²) in [6, 6.07) is 0. The molecule has 1 heterocycles. The second-order valence-electron chi connectivity index (χ2n) is 5.17. The Bertz CT molecular complexity index is 704. The molecule has 6 N–H and O–H groups in total. The quantitative estimate of drug-likeness (QED) is 0.466. The summed E-state index contributed by atoms with van der Waals surface area (Å²) in [6.07, 6.45) is 0.223. The lowest BCUT2D eigenvalue weighted by molar-refractivity contribution is 0.508. The van der Waals surface area contributed by atoms with Gasteiger partial charge in [-0.1, -0.05) is 13.8 Å². The van der Waals surface area contributed by atoms with Crippen LogP contribution in [0.3, 0.4) is 0 Å². The van der Waals surface area contributed by atoms with Crippen molar-refractivity contribution in [1.29, 1.82) is 0 Å². The van der Waals surface area contributed by atoms with Crippen LogP contribution in [-0.4, -0.2) is 30.3 Å². The average molecular weight is 319 g/mol. The van der Waals surface area contributed by atoms with Crippen molar-refractivity contribution in [1.82, 2.24) is 9.55 Å². The van der Waals surface area contributed by atoms with Gasteiger partial charge < -0.3 is 11.1 Å². The van der Waals surface area contributed by atoms with Crippen molar-refractivity contribution in [2.24, 2.45) is 11.1 Å². The number of rotatable bonds is 7. The van der Waals surface area contributed by atoms with E-state index < -0.39 is 21.3 Å². The molecule has 0 amide bonds. The molecule has 0 aliphatic heterocycles. The number of nitrogens with two attached hydrogens (primary N) is 2. The average Bonchev–Trinajstić information content (AvgIpc) is 2.31. The highest BCUT2D eigenvalue weighted by Crippen LogP contribution is 2.11. The highest BCUT2D eigenvalue weighted by atomic mass is 32.2. The Hall–Kier alpha value is -1.81. The van der Waals surface area contributed by atoms with Gasteiger partial charge in [0.1, 0.15) is 11.5 Å². The molecule has 0 unspecified atom stereocenters. The lowest BCUT2D eigenvalue weighted by atomic mass is 10.2. The first-order chi connectivity index (χ1) is 9.61. The molecule has 9 nitrogen and oxygen atoms in total. The van der Waals surface area contributed by atoms with E-state index in [4.69, 9.17) is 10.9 Å². The molecule has 0 saturated carbocycles. The molecule has 0 atom stereocenters. The van der Waals surface area contributed by atoms with Crippen molar-refractivity contribution in [3.05, 3.63) is 20.8 Å². The number of aromatic nitrogens is 2. The second kappa shape index (κ2) is 6.76. The van der Waals surface area contributed by atoms with E-state index in [9.17, 15) is 18.0 Å². The molecule has 0 radical (unpaired) electrons. The predicted molar refractivity (Wildman–Crippen MR) is 81.7 cm³/mol. The Balaban J connectivity index is 2.92. The summed E-state index contributed by atoms with van der Waals surface area (Å²) in [5.41, 5.74) is 4.70. The lowest BCUT2D eigenvalue weighted by Gasteiger charge is -2.15. The first-order valence-corrected chi connectivity index (χ1v) is 8.20. The van der Waals surface area contributed by atoms with Gasteiger partial charge in [0.05, 0.1) is 5.75 Å². The normalized spacial score (nSPS) is 11.8. The number of nitrogen functional groups attached to an aromatic ring is 1. The van der Waals surface area contributed by atoms with Crippen molar-refractivity contribution in [3.63, 3.8) is 0 Å². The molecule has 1 aromatic rings. The van der Waals surface area contributed by atoms with Crippen molar-refractivity contribution >= 4 is 21.5 Å². The largest absolute Gasteiger partial charge is 0.383 e. The molecule has 0 bridgehead atoms. The van der Waals surface area contributed by atoms with Gasteiger partial charge in [-0.25, -0.2) is 18.4 Å². The molecule has 1 rings (SSSR count). The third-order valence-corrected chi connectivity index (χ3v) is 3.55. The number of hydrogen-bond donors (Lipinski definition) is 4. The minimum absolute atomic E-state index is 0.0352. The zero-order valence-electron chi connectivity index (χ0n) is 12.0. The Morgan fingerprint density at radius 2 is 1.95 bits per heavy atom. The van der Waals surface area contributed by atoms with Gasteiger partial charge in [-0.2, -0.15) is 0 Å². The van der Waals surface area contributed by atoms with E-state index in [-0.39, 0.29) is 36.1 Å². The number of H-pyrrole nitrogens is 1. The number of aromatic amines is 1. The SMILES string of the molecule is CC(C)Cn1c(N)c(NCCCS(N)(=O)=O)c(=O)[nH]c1=O. The van der Waals surface area contributed by atoms with Gasteiger partial charge in [0, 0.05) is 13.1 Å². The van der Waals surface area contributed by atoms with E-state index in [1.54, 1.807) is 0 Å². The fraction of sp³-hybridized carbons (Fsp3) is 0.636. The Kier molecular flexibility index (Phi) is 5.55. The van der Waals surface area contributed by atoms with Crippen LogP contribution < -0.4 is 27.4 Å². The number of nitrogens with one attached hydrogen (secondary N) is 2. The molecule has 0 aliphatic rings. The van der Waals surface area contributed by atoms with Gasteiger partial charge in [-0.15, -0.1) is 0 Å². The van der Waals surface area contributed by atoms with Gasteiger partial charge in [0.2, 0.25) is 10.0 Å². The smallest absolute Gasteiger partial charge is 0.330 e. The van der Waals surface area contributed by atoms with Crippen molar-refractivity contribution in [2.75, 3.05) is 23.3 Å². The maximum atomic E-state index is 11.7. The summed E-state index contributed by atoms with van der Waals surface area (Å²) in [7, 11) is -3.54. The molecule has 0 saturated heterocycles. The number of primary sulfonamides is 1. The fourth-order valence-electron chi connectivity index (χ4n) is 1.79. The summed E-state index contributed by atoms with van der Waals surface area (Å²) in [6.45, 7) is 4.39. The molecule has 0 aromatic carbocycles. The van der Waals surface area contributed by atoms with Gasteiger partial charge in [-0.05, 0) is 12.3 Å². The molecular weight excluding hydrogens is 298 g/mol. The molecule has 0 fully saturated rings. The molecule has 21 heavy (non-hydrogen) atoms. The van der Waals surface area contributed by atoms with Crippen LogP contribution in [0.1, 0.15) is 20.3 Å². The van der Waals surface area contributed by atoms with Gasteiger partial charge >= 0.3 is 5.69 Å². The highest BCUT2D eigenvalue weighted by molar-refractivity contribution is 7.89. The maximum Gasteiger partial charge on any atom is 0.330 e. The van der Waals surface area contributed by atoms with Crippen LogP contribution in [0.5, 0.6) is 0 Å². The van der Waals surface area contributed by atoms with E-state index in [1.807, 2.05) is 13.8 Å². The fourth-order valence-corrected chi connectivity index (χ4v) is 2.34. The van der Waals surface area contributed by atoms with Crippen LogP contribution in [0.25, 0.3) is 0 Å². The topological polar surface area (TPSA) is 153 Å². The van der Waals surface area contributed by atoms with Crippen molar-refractivity contribution in [2.45, 2.75) is 26.8 Å². The zero-order valence-corrected chi connectivity index (χ0v) is 12.9. The van der Waals surface area contributed by atoms with E-state index in [0.29, 0.717) is 6.54 Å². The van der Waals surface area contributed by atoms with E-state index >= 15 is 0 Å². The van der Waals surface area contributed by atoms with Crippen molar-refractivity contribution in [3.8, 4) is 0 Å². The van der Waals surface area contributed by atoms with Crippen LogP contribution in [0, 0.1) is 5.92 Å². The molecule has 0 aliphatic carbocycles. The van der Waals surface area contributed by atoms with Crippen LogP contribution in [-0.2, 0) is 16.6 Å². The van der Waals surface area contributed by atoms with Crippen LogP contribution in [0.2, 0.25) is 0 Å². The van der Waals surface area contributed by atoms with Gasteiger partial charge in [-0.3, -0.25) is 14.3 Å². The zero-order chi connectivity index (χ0) is 16.2. The minimum atomic E-state index is -3.54. The molecule has 120 valence electrons. The third kappa shape index (κ3) is 5.23. The standard InChI is InChI=1S/C11H21N5O4S/c1-7(2)6-16-9(12)8(10(17)15-11(16)18)14-4-3-5-21(13,19)20/h7,14H,3-6,12H2,1-2H3,(H2,13,19,20)(H,15,17,18). The number of anilines is 2. The molecule has 10 heteroatoms. The Morgan fingerprint density at radius 1 is 1.33 bits per heavy atom. The maximum absolute atomic E-state index is 11.7. The first kappa shape index (κ1) is 17.2. The molecule has 1 aromatic heterocycles. The predicted octanol–water partition coefficient (Wildman–Crippen LogP) is -1.13. The van der Waals surface area contributed by atoms with E-state index in [0.717, 1.165) is 0 Å². The number of sulfonamides is 1. The second-order valence-corrected chi connectivity index (χ2v) is 6.91. The van der Waals surface area contributed by atoms with Gasteiger partial charge in [0.15, 0.2) is 0 Å². The summed E-state index contributed by atoms with van der Waals surface area (Å²) in [4.78, 5) is 25.6. The first-order valence-electron chi connectivity index (χ1n) is 6.48. The molecule has 0 spiro atoms. The minimum Gasteiger partial charge on any atom is -0.383 e. The number of nitrogens with zero attached hydrogens (tertiary/aromatic N) is 1. The van der Waals surface area contributed by atoms with Crippen LogP contribution in [0.4, 0.5) is 11.5 Å². The Labute approximate surface area is 122 Å². The number of hydrogen-bond acceptors (Lipinski definition) is 6. The van der Waals surface area contributed by atoms with E-state index in [2.05, 4.69) is 10.3 Å². The third-order valence-electron chi connectivity index (χ3n) is 2.69. The highest BCUT2D eigenvalue weighted by Gasteiger charge is 2.13.